The second-order valence-electron chi connectivity index (χ2n) is 4.20. The van der Waals surface area contributed by atoms with E-state index in [2.05, 4.69) is 0 Å². The quantitative estimate of drug-likeness (QED) is 0.476. The average molecular weight is 339 g/mol. The van der Waals surface area contributed by atoms with Crippen LogP contribution in [-0.2, 0) is 13.8 Å². The van der Waals surface area contributed by atoms with Crippen molar-refractivity contribution in [2.45, 2.75) is 11.7 Å². The van der Waals surface area contributed by atoms with Crippen molar-refractivity contribution in [3.63, 3.8) is 0 Å². The number of nitro benzene ring substituents is 1. The smallest absolute Gasteiger partial charge is 0.294 e. The molecule has 0 aromatic heterocycles. The third-order valence-electron chi connectivity index (χ3n) is 2.91. The minimum absolute atomic E-state index is 0.00668. The van der Waals surface area contributed by atoms with Gasteiger partial charge in [0.15, 0.2) is 0 Å². The number of halogens is 2. The van der Waals surface area contributed by atoms with Gasteiger partial charge >= 0.3 is 0 Å². The van der Waals surface area contributed by atoms with Crippen LogP contribution < -0.4 is 4.90 Å². The zero-order chi connectivity index (χ0) is 15.1. The summed E-state index contributed by atoms with van der Waals surface area (Å²) in [4.78, 5) is 23.2. The average Bonchev–Trinajstić information content (AvgIpc) is 2.71. The molecule has 0 saturated carbocycles. The zero-order valence-corrected chi connectivity index (χ0v) is 12.2. The SMILES string of the molecule is O=C1CC(S(=O)(=O)Cl)CN1c1ccc(Cl)cc1[N+](=O)[O-]. The molecule has 0 spiro atoms. The fraction of sp³-hybridized carbons (Fsp3) is 0.300. The summed E-state index contributed by atoms with van der Waals surface area (Å²) in [5, 5.41) is 10.1. The second-order valence-corrected chi connectivity index (χ2v) is 7.54. The summed E-state index contributed by atoms with van der Waals surface area (Å²) in [6.45, 7) is -0.215. The van der Waals surface area contributed by atoms with E-state index in [0.29, 0.717) is 0 Å². The molecular weight excluding hydrogens is 331 g/mol. The van der Waals surface area contributed by atoms with Gasteiger partial charge in [-0.3, -0.25) is 14.9 Å². The Morgan fingerprint density at radius 1 is 1.40 bits per heavy atom. The largest absolute Gasteiger partial charge is 0.305 e. The van der Waals surface area contributed by atoms with Crippen LogP contribution in [0.15, 0.2) is 18.2 Å². The molecule has 1 aliphatic rings. The molecule has 0 N–H and O–H groups in total. The lowest BCUT2D eigenvalue weighted by molar-refractivity contribution is -0.384. The van der Waals surface area contributed by atoms with Crippen LogP contribution in [0.1, 0.15) is 6.42 Å². The van der Waals surface area contributed by atoms with E-state index in [4.69, 9.17) is 22.3 Å². The molecular formula is C10H8Cl2N2O5S. The van der Waals surface area contributed by atoms with Crippen molar-refractivity contribution in [2.24, 2.45) is 0 Å². The number of anilines is 1. The number of benzene rings is 1. The molecule has 20 heavy (non-hydrogen) atoms. The number of carbonyl (C=O) groups excluding carboxylic acids is 1. The number of carbonyl (C=O) groups is 1. The Hall–Kier alpha value is -1.38. The predicted molar refractivity (Wildman–Crippen MR) is 73.6 cm³/mol. The Kier molecular flexibility index (Phi) is 3.90. The topological polar surface area (TPSA) is 97.6 Å². The molecule has 1 unspecified atom stereocenters. The minimum atomic E-state index is -3.90. The van der Waals surface area contributed by atoms with Crippen LogP contribution >= 0.6 is 22.3 Å². The van der Waals surface area contributed by atoms with Crippen molar-refractivity contribution in [1.29, 1.82) is 0 Å². The molecule has 1 aliphatic heterocycles. The summed E-state index contributed by atoms with van der Waals surface area (Å²) in [7, 11) is 1.32. The molecule has 1 fully saturated rings. The van der Waals surface area contributed by atoms with Crippen LogP contribution in [-0.4, -0.2) is 31.0 Å². The van der Waals surface area contributed by atoms with Crippen molar-refractivity contribution in [3.8, 4) is 0 Å². The Balaban J connectivity index is 2.43. The highest BCUT2D eigenvalue weighted by molar-refractivity contribution is 8.14. The van der Waals surface area contributed by atoms with Gasteiger partial charge in [0.05, 0.1) is 4.92 Å². The van der Waals surface area contributed by atoms with Gasteiger partial charge in [0.2, 0.25) is 15.0 Å². The van der Waals surface area contributed by atoms with Crippen molar-refractivity contribution in [2.75, 3.05) is 11.4 Å². The molecule has 1 aromatic carbocycles. The molecule has 1 saturated heterocycles. The molecule has 0 aliphatic carbocycles. The number of hydrogen-bond acceptors (Lipinski definition) is 5. The molecule has 1 amide bonds. The molecule has 2 rings (SSSR count). The van der Waals surface area contributed by atoms with Gasteiger partial charge in [0.1, 0.15) is 10.9 Å². The van der Waals surface area contributed by atoms with Gasteiger partial charge in [-0.1, -0.05) is 11.6 Å². The Labute approximate surface area is 123 Å². The van der Waals surface area contributed by atoms with E-state index in [9.17, 15) is 23.3 Å². The number of rotatable bonds is 3. The normalized spacial score (nSPS) is 19.4. The van der Waals surface area contributed by atoms with E-state index < -0.39 is 25.1 Å². The summed E-state index contributed by atoms with van der Waals surface area (Å²) < 4.78 is 22.5. The fourth-order valence-corrected chi connectivity index (χ4v) is 3.16. The van der Waals surface area contributed by atoms with Crippen molar-refractivity contribution in [1.82, 2.24) is 0 Å². The van der Waals surface area contributed by atoms with Crippen LogP contribution in [0.25, 0.3) is 0 Å². The van der Waals surface area contributed by atoms with Gasteiger partial charge in [0, 0.05) is 34.7 Å². The van der Waals surface area contributed by atoms with Gasteiger partial charge in [-0.2, -0.15) is 0 Å². The van der Waals surface area contributed by atoms with Crippen molar-refractivity contribution in [3.05, 3.63) is 33.3 Å². The van der Waals surface area contributed by atoms with Crippen molar-refractivity contribution < 1.29 is 18.1 Å². The minimum Gasteiger partial charge on any atom is -0.305 e. The predicted octanol–water partition coefficient (Wildman–Crippen LogP) is 1.92. The fourth-order valence-electron chi connectivity index (χ4n) is 1.97. The molecule has 1 aromatic rings. The van der Waals surface area contributed by atoms with Gasteiger partial charge < -0.3 is 4.90 Å². The first kappa shape index (κ1) is 15.0. The molecule has 0 radical (unpaired) electrons. The van der Waals surface area contributed by atoms with Gasteiger partial charge in [-0.25, -0.2) is 8.42 Å². The maximum Gasteiger partial charge on any atom is 0.294 e. The van der Waals surface area contributed by atoms with Crippen LogP contribution in [0.2, 0.25) is 5.02 Å². The zero-order valence-electron chi connectivity index (χ0n) is 9.82. The molecule has 10 heteroatoms. The second kappa shape index (κ2) is 5.19. The number of nitrogens with zero attached hydrogens (tertiary/aromatic N) is 2. The summed E-state index contributed by atoms with van der Waals surface area (Å²) >= 11 is 5.68. The summed E-state index contributed by atoms with van der Waals surface area (Å²) in [6.07, 6.45) is -0.300. The highest BCUT2D eigenvalue weighted by atomic mass is 35.7. The standard InChI is InChI=1S/C10H8Cl2N2O5S/c11-6-1-2-8(9(3-6)14(16)17)13-5-7(4-10(13)15)20(12,18)19/h1-3,7H,4-5H2. The molecule has 1 heterocycles. The summed E-state index contributed by atoms with van der Waals surface area (Å²) in [6, 6.07) is 3.80. The number of nitro groups is 1. The number of hydrogen-bond donors (Lipinski definition) is 0. The van der Waals surface area contributed by atoms with Gasteiger partial charge in [0.25, 0.3) is 5.69 Å². The van der Waals surface area contributed by atoms with E-state index >= 15 is 0 Å². The lowest BCUT2D eigenvalue weighted by atomic mass is 10.2. The van der Waals surface area contributed by atoms with Crippen LogP contribution in [0.5, 0.6) is 0 Å². The lowest BCUT2D eigenvalue weighted by Crippen LogP contribution is -2.27. The number of amides is 1. The maximum absolute atomic E-state index is 11.8. The summed E-state index contributed by atoms with van der Waals surface area (Å²) in [5.74, 6) is -0.537. The summed E-state index contributed by atoms with van der Waals surface area (Å²) in [5.41, 5.74) is -0.356. The van der Waals surface area contributed by atoms with E-state index in [1.807, 2.05) is 0 Å². The molecule has 1 atom stereocenters. The monoisotopic (exact) mass is 338 g/mol. The van der Waals surface area contributed by atoms with Crippen LogP contribution in [0.4, 0.5) is 11.4 Å². The maximum atomic E-state index is 11.8. The van der Waals surface area contributed by atoms with Gasteiger partial charge in [-0.15, -0.1) is 0 Å². The lowest BCUT2D eigenvalue weighted by Gasteiger charge is -2.16. The van der Waals surface area contributed by atoms with Gasteiger partial charge in [-0.05, 0) is 12.1 Å². The molecule has 108 valence electrons. The van der Waals surface area contributed by atoms with Crippen LogP contribution in [0, 0.1) is 10.1 Å². The Morgan fingerprint density at radius 2 is 2.05 bits per heavy atom. The van der Waals surface area contributed by atoms with Crippen LogP contribution in [0.3, 0.4) is 0 Å². The van der Waals surface area contributed by atoms with E-state index in [1.54, 1.807) is 0 Å². The highest BCUT2D eigenvalue weighted by Crippen LogP contribution is 2.35. The van der Waals surface area contributed by atoms with E-state index in [1.165, 1.54) is 12.1 Å². The van der Waals surface area contributed by atoms with Crippen molar-refractivity contribution >= 4 is 48.6 Å². The Bertz CT molecular complexity index is 691. The van der Waals surface area contributed by atoms with E-state index in [-0.39, 0.29) is 29.4 Å². The highest BCUT2D eigenvalue weighted by Gasteiger charge is 2.40. The third kappa shape index (κ3) is 2.87. The molecule has 7 nitrogen and oxygen atoms in total. The first-order chi connectivity index (χ1) is 9.20. The third-order valence-corrected chi connectivity index (χ3v) is 5.02. The first-order valence-electron chi connectivity index (χ1n) is 5.38. The first-order valence-corrected chi connectivity index (χ1v) is 8.13. The van der Waals surface area contributed by atoms with E-state index in [0.717, 1.165) is 11.0 Å². The molecule has 0 bridgehead atoms. The Morgan fingerprint density at radius 3 is 2.55 bits per heavy atom.